The molecule has 5 nitrogen and oxygen atoms in total. The normalized spacial score (nSPS) is 10.6. The van der Waals surface area contributed by atoms with Crippen molar-refractivity contribution in [2.45, 2.75) is 19.7 Å². The highest BCUT2D eigenvalue weighted by Crippen LogP contribution is 2.28. The molecule has 0 amide bonds. The third-order valence-corrected chi connectivity index (χ3v) is 3.90. The van der Waals surface area contributed by atoms with Crippen LogP contribution in [0.5, 0.6) is 11.5 Å². The van der Waals surface area contributed by atoms with Crippen LogP contribution < -0.4 is 14.8 Å². The predicted molar refractivity (Wildman–Crippen MR) is 97.7 cm³/mol. The van der Waals surface area contributed by atoms with Crippen LogP contribution in [0.15, 0.2) is 67.3 Å². The number of aromatic nitrogens is 2. The van der Waals surface area contributed by atoms with Crippen molar-refractivity contribution >= 4 is 0 Å². The first-order chi connectivity index (χ1) is 12.3. The maximum Gasteiger partial charge on any atom is 0.161 e. The van der Waals surface area contributed by atoms with Crippen molar-refractivity contribution in [2.24, 2.45) is 0 Å². The van der Waals surface area contributed by atoms with E-state index in [2.05, 4.69) is 20.9 Å². The van der Waals surface area contributed by atoms with Gasteiger partial charge < -0.3 is 19.4 Å². The average molecular weight is 337 g/mol. The molecule has 0 spiro atoms. The molecule has 1 N–H and O–H groups in total. The van der Waals surface area contributed by atoms with Crippen molar-refractivity contribution in [3.63, 3.8) is 0 Å². The summed E-state index contributed by atoms with van der Waals surface area (Å²) in [5.41, 5.74) is 2.29. The van der Waals surface area contributed by atoms with Crippen LogP contribution in [0.3, 0.4) is 0 Å². The third-order valence-electron chi connectivity index (χ3n) is 3.90. The first kappa shape index (κ1) is 17.0. The Balaban J connectivity index is 1.55. The first-order valence-electron chi connectivity index (χ1n) is 8.35. The second-order valence-electron chi connectivity index (χ2n) is 5.74. The molecule has 3 rings (SSSR count). The van der Waals surface area contributed by atoms with E-state index in [1.54, 1.807) is 13.3 Å². The molecule has 0 saturated heterocycles. The van der Waals surface area contributed by atoms with E-state index >= 15 is 0 Å². The van der Waals surface area contributed by atoms with Crippen LogP contribution in [0.4, 0.5) is 0 Å². The summed E-state index contributed by atoms with van der Waals surface area (Å²) in [6.07, 6.45) is 5.58. The summed E-state index contributed by atoms with van der Waals surface area (Å²) >= 11 is 0. The standard InChI is InChI=1S/C20H23N3O2/c1-24-19-8-7-18(14-21-9-11-23-12-10-22-16-23)13-20(19)25-15-17-5-3-2-4-6-17/h2-8,10,12-13,16,21H,9,11,14-15H2,1H3. The van der Waals surface area contributed by atoms with E-state index in [1.165, 1.54) is 0 Å². The van der Waals surface area contributed by atoms with Gasteiger partial charge in [0.05, 0.1) is 13.4 Å². The Kier molecular flexibility index (Phi) is 6.06. The maximum atomic E-state index is 5.95. The Hall–Kier alpha value is -2.79. The number of hydrogen-bond donors (Lipinski definition) is 1. The highest BCUT2D eigenvalue weighted by atomic mass is 16.5. The zero-order valence-corrected chi connectivity index (χ0v) is 14.4. The summed E-state index contributed by atoms with van der Waals surface area (Å²) in [6, 6.07) is 16.2. The third kappa shape index (κ3) is 5.09. The molecule has 130 valence electrons. The van der Waals surface area contributed by atoms with Gasteiger partial charge in [0.25, 0.3) is 0 Å². The number of ether oxygens (including phenoxy) is 2. The summed E-state index contributed by atoms with van der Waals surface area (Å²) in [4.78, 5) is 4.04. The number of methoxy groups -OCH3 is 1. The van der Waals surface area contributed by atoms with E-state index < -0.39 is 0 Å². The molecule has 0 aliphatic carbocycles. The first-order valence-corrected chi connectivity index (χ1v) is 8.35. The molecule has 0 aliphatic rings. The van der Waals surface area contributed by atoms with E-state index in [1.807, 2.05) is 55.0 Å². The molecule has 1 aromatic heterocycles. The summed E-state index contributed by atoms with van der Waals surface area (Å²) in [5.74, 6) is 1.51. The van der Waals surface area contributed by atoms with Crippen molar-refractivity contribution in [2.75, 3.05) is 13.7 Å². The molecule has 0 aliphatic heterocycles. The summed E-state index contributed by atoms with van der Waals surface area (Å²) in [7, 11) is 1.66. The van der Waals surface area contributed by atoms with E-state index in [4.69, 9.17) is 9.47 Å². The Morgan fingerprint density at radius 1 is 1.04 bits per heavy atom. The molecule has 0 unspecified atom stereocenters. The van der Waals surface area contributed by atoms with Crippen LogP contribution in [-0.4, -0.2) is 23.2 Å². The lowest BCUT2D eigenvalue weighted by atomic mass is 10.2. The highest BCUT2D eigenvalue weighted by Gasteiger charge is 2.06. The quantitative estimate of drug-likeness (QED) is 0.609. The monoisotopic (exact) mass is 337 g/mol. The lowest BCUT2D eigenvalue weighted by molar-refractivity contribution is 0.284. The minimum absolute atomic E-state index is 0.523. The Morgan fingerprint density at radius 3 is 2.68 bits per heavy atom. The Bertz CT molecular complexity index is 758. The second kappa shape index (κ2) is 8.89. The molecule has 0 saturated carbocycles. The van der Waals surface area contributed by atoms with Gasteiger partial charge in [-0.1, -0.05) is 36.4 Å². The summed E-state index contributed by atoms with van der Waals surface area (Å²) in [6.45, 7) is 3.07. The molecule has 5 heteroatoms. The molecular formula is C20H23N3O2. The Labute approximate surface area is 148 Å². The van der Waals surface area contributed by atoms with Crippen molar-refractivity contribution < 1.29 is 9.47 Å². The minimum Gasteiger partial charge on any atom is -0.493 e. The summed E-state index contributed by atoms with van der Waals surface area (Å²) < 4.78 is 13.4. The zero-order valence-electron chi connectivity index (χ0n) is 14.4. The van der Waals surface area contributed by atoms with E-state index in [0.29, 0.717) is 6.61 Å². The average Bonchev–Trinajstić information content (AvgIpc) is 3.18. The number of nitrogens with one attached hydrogen (secondary N) is 1. The van der Waals surface area contributed by atoms with Crippen molar-refractivity contribution in [1.82, 2.24) is 14.9 Å². The van der Waals surface area contributed by atoms with Crippen LogP contribution >= 0.6 is 0 Å². The molecule has 0 bridgehead atoms. The van der Waals surface area contributed by atoms with E-state index in [0.717, 1.165) is 42.3 Å². The molecular weight excluding hydrogens is 314 g/mol. The lowest BCUT2D eigenvalue weighted by Crippen LogP contribution is -2.19. The molecule has 25 heavy (non-hydrogen) atoms. The van der Waals surface area contributed by atoms with Crippen molar-refractivity contribution in [3.05, 3.63) is 78.4 Å². The fourth-order valence-electron chi connectivity index (χ4n) is 2.54. The van der Waals surface area contributed by atoms with Crippen LogP contribution in [0.1, 0.15) is 11.1 Å². The second-order valence-corrected chi connectivity index (χ2v) is 5.74. The predicted octanol–water partition coefficient (Wildman–Crippen LogP) is 3.26. The van der Waals surface area contributed by atoms with Gasteiger partial charge in [0.2, 0.25) is 0 Å². The van der Waals surface area contributed by atoms with Crippen LogP contribution in [0.25, 0.3) is 0 Å². The van der Waals surface area contributed by atoms with Crippen LogP contribution in [-0.2, 0) is 19.7 Å². The van der Waals surface area contributed by atoms with Gasteiger partial charge in [-0.05, 0) is 23.3 Å². The fraction of sp³-hybridized carbons (Fsp3) is 0.250. The molecule has 0 atom stereocenters. The van der Waals surface area contributed by atoms with Gasteiger partial charge >= 0.3 is 0 Å². The molecule has 2 aromatic carbocycles. The van der Waals surface area contributed by atoms with Gasteiger partial charge in [-0.25, -0.2) is 4.98 Å². The number of imidazole rings is 1. The van der Waals surface area contributed by atoms with E-state index in [9.17, 15) is 0 Å². The maximum absolute atomic E-state index is 5.95. The lowest BCUT2D eigenvalue weighted by Gasteiger charge is -2.13. The van der Waals surface area contributed by atoms with Gasteiger partial charge in [-0.3, -0.25) is 0 Å². The van der Waals surface area contributed by atoms with Gasteiger partial charge in [0, 0.05) is 32.0 Å². The van der Waals surface area contributed by atoms with Gasteiger partial charge in [0.15, 0.2) is 11.5 Å². The number of benzene rings is 2. The largest absolute Gasteiger partial charge is 0.493 e. The number of nitrogens with zero attached hydrogens (tertiary/aromatic N) is 2. The molecule has 0 fully saturated rings. The van der Waals surface area contributed by atoms with Gasteiger partial charge in [-0.15, -0.1) is 0 Å². The molecule has 1 heterocycles. The number of rotatable bonds is 9. The smallest absolute Gasteiger partial charge is 0.161 e. The van der Waals surface area contributed by atoms with E-state index in [-0.39, 0.29) is 0 Å². The SMILES string of the molecule is COc1ccc(CNCCn2ccnc2)cc1OCc1ccccc1. The highest BCUT2D eigenvalue weighted by molar-refractivity contribution is 5.43. The minimum atomic E-state index is 0.523. The topological polar surface area (TPSA) is 48.3 Å². The number of hydrogen-bond acceptors (Lipinski definition) is 4. The van der Waals surface area contributed by atoms with Crippen LogP contribution in [0.2, 0.25) is 0 Å². The van der Waals surface area contributed by atoms with Crippen molar-refractivity contribution in [1.29, 1.82) is 0 Å². The summed E-state index contributed by atoms with van der Waals surface area (Å²) in [5, 5.41) is 3.43. The zero-order chi connectivity index (χ0) is 17.3. The molecule has 0 radical (unpaired) electrons. The Morgan fingerprint density at radius 2 is 1.92 bits per heavy atom. The fourth-order valence-corrected chi connectivity index (χ4v) is 2.54. The van der Waals surface area contributed by atoms with Crippen LogP contribution in [0, 0.1) is 0 Å². The van der Waals surface area contributed by atoms with Gasteiger partial charge in [-0.2, -0.15) is 0 Å². The molecule has 3 aromatic rings. The van der Waals surface area contributed by atoms with Gasteiger partial charge in [0.1, 0.15) is 6.61 Å². The van der Waals surface area contributed by atoms with Crippen molar-refractivity contribution in [3.8, 4) is 11.5 Å².